The van der Waals surface area contributed by atoms with Crippen LogP contribution in [-0.2, 0) is 17.7 Å². The number of carbonyl (C=O) groups is 2. The van der Waals surface area contributed by atoms with Crippen LogP contribution in [-0.4, -0.2) is 41.3 Å². The van der Waals surface area contributed by atoms with E-state index in [1.54, 1.807) is 24.3 Å². The predicted molar refractivity (Wildman–Crippen MR) is 129 cm³/mol. The molecule has 0 bridgehead atoms. The smallest absolute Gasteiger partial charge is 0.337 e. The SMILES string of the molecule is CCn1nc(C)c(CCN=C(NC(=O)c2cccc(F)c2)Nc2cccc(C(=O)OC)c2)c1C. The molecular formula is C25H28FN5O3. The lowest BCUT2D eigenvalue weighted by molar-refractivity contribution is 0.0600. The third-order valence-corrected chi connectivity index (χ3v) is 5.33. The minimum Gasteiger partial charge on any atom is -0.465 e. The number of amides is 1. The van der Waals surface area contributed by atoms with Gasteiger partial charge in [-0.05, 0) is 69.2 Å². The Morgan fingerprint density at radius 2 is 1.85 bits per heavy atom. The van der Waals surface area contributed by atoms with Crippen LogP contribution >= 0.6 is 0 Å². The highest BCUT2D eigenvalue weighted by molar-refractivity contribution is 6.10. The van der Waals surface area contributed by atoms with Crippen molar-refractivity contribution in [2.75, 3.05) is 19.0 Å². The number of hydrogen-bond acceptors (Lipinski definition) is 5. The molecule has 2 N–H and O–H groups in total. The van der Waals surface area contributed by atoms with E-state index in [-0.39, 0.29) is 11.5 Å². The van der Waals surface area contributed by atoms with E-state index in [1.807, 2.05) is 25.5 Å². The lowest BCUT2D eigenvalue weighted by atomic mass is 10.1. The molecule has 1 heterocycles. The van der Waals surface area contributed by atoms with Gasteiger partial charge in [0.25, 0.3) is 5.91 Å². The first kappa shape index (κ1) is 24.6. The lowest BCUT2D eigenvalue weighted by Crippen LogP contribution is -2.36. The Morgan fingerprint density at radius 1 is 1.12 bits per heavy atom. The van der Waals surface area contributed by atoms with Gasteiger partial charge in [-0.15, -0.1) is 0 Å². The van der Waals surface area contributed by atoms with E-state index in [0.717, 1.165) is 29.6 Å². The molecule has 2 aromatic carbocycles. The first-order valence-corrected chi connectivity index (χ1v) is 10.9. The van der Waals surface area contributed by atoms with Crippen molar-refractivity contribution in [3.63, 3.8) is 0 Å². The average molecular weight is 466 g/mol. The summed E-state index contributed by atoms with van der Waals surface area (Å²) in [5.74, 6) is -1.33. The Morgan fingerprint density at radius 3 is 2.53 bits per heavy atom. The first-order valence-electron chi connectivity index (χ1n) is 10.9. The number of aryl methyl sites for hydroxylation is 2. The molecule has 178 valence electrons. The number of rotatable bonds is 7. The number of aliphatic imine (C=N–C) groups is 1. The average Bonchev–Trinajstić information content (AvgIpc) is 3.11. The van der Waals surface area contributed by atoms with Crippen molar-refractivity contribution in [1.82, 2.24) is 15.1 Å². The second-order valence-corrected chi connectivity index (χ2v) is 7.61. The van der Waals surface area contributed by atoms with Crippen molar-refractivity contribution in [3.8, 4) is 0 Å². The molecule has 0 saturated carbocycles. The molecule has 3 aromatic rings. The van der Waals surface area contributed by atoms with Gasteiger partial charge >= 0.3 is 5.97 Å². The highest BCUT2D eigenvalue weighted by Gasteiger charge is 2.13. The molecule has 0 atom stereocenters. The standard InChI is InChI=1S/C25H28FN5O3/c1-5-31-17(3)22(16(2)30-31)12-13-27-25(29-23(32)18-8-6-10-20(26)14-18)28-21-11-7-9-19(15-21)24(33)34-4/h6-11,14-15H,5,12-13H2,1-4H3,(H2,27,28,29,32). The summed E-state index contributed by atoms with van der Waals surface area (Å²) in [6.45, 7) is 7.17. The van der Waals surface area contributed by atoms with E-state index in [0.29, 0.717) is 24.2 Å². The van der Waals surface area contributed by atoms with Gasteiger partial charge in [-0.2, -0.15) is 5.10 Å². The summed E-state index contributed by atoms with van der Waals surface area (Å²) in [4.78, 5) is 29.1. The van der Waals surface area contributed by atoms with Crippen LogP contribution in [0.15, 0.2) is 53.5 Å². The number of nitrogens with zero attached hydrogens (tertiary/aromatic N) is 3. The van der Waals surface area contributed by atoms with Gasteiger partial charge in [0.1, 0.15) is 5.82 Å². The molecule has 1 aromatic heterocycles. The molecule has 3 rings (SSSR count). The number of nitrogens with one attached hydrogen (secondary N) is 2. The van der Waals surface area contributed by atoms with Gasteiger partial charge in [-0.3, -0.25) is 19.8 Å². The molecule has 0 fully saturated rings. The van der Waals surface area contributed by atoms with Gasteiger partial charge in [0.05, 0.1) is 18.4 Å². The molecule has 1 amide bonds. The van der Waals surface area contributed by atoms with Gasteiger partial charge in [-0.25, -0.2) is 9.18 Å². The third-order valence-electron chi connectivity index (χ3n) is 5.33. The van der Waals surface area contributed by atoms with Crippen LogP contribution in [0, 0.1) is 19.7 Å². The number of benzene rings is 2. The fraction of sp³-hybridized carbons (Fsp3) is 0.280. The molecule has 0 spiro atoms. The normalized spacial score (nSPS) is 11.3. The number of esters is 1. The molecular weight excluding hydrogens is 437 g/mol. The monoisotopic (exact) mass is 465 g/mol. The number of halogens is 1. The Balaban J connectivity index is 1.83. The summed E-state index contributed by atoms with van der Waals surface area (Å²) < 4.78 is 20.3. The molecule has 0 radical (unpaired) electrons. The topological polar surface area (TPSA) is 97.6 Å². The van der Waals surface area contributed by atoms with E-state index in [2.05, 4.69) is 20.7 Å². The molecule has 0 unspecified atom stereocenters. The summed E-state index contributed by atoms with van der Waals surface area (Å²) in [5, 5.41) is 10.3. The van der Waals surface area contributed by atoms with Gasteiger partial charge < -0.3 is 10.1 Å². The van der Waals surface area contributed by atoms with Crippen LogP contribution in [0.5, 0.6) is 0 Å². The summed E-state index contributed by atoms with van der Waals surface area (Å²) in [5.41, 5.74) is 4.18. The fourth-order valence-corrected chi connectivity index (χ4v) is 3.58. The number of hydrogen-bond donors (Lipinski definition) is 2. The minimum absolute atomic E-state index is 0.161. The maximum atomic E-state index is 13.6. The number of ether oxygens (including phenoxy) is 1. The summed E-state index contributed by atoms with van der Waals surface area (Å²) >= 11 is 0. The second kappa shape index (κ2) is 11.2. The molecule has 9 heteroatoms. The van der Waals surface area contributed by atoms with Gasteiger partial charge in [0, 0.05) is 30.0 Å². The van der Waals surface area contributed by atoms with E-state index in [9.17, 15) is 14.0 Å². The van der Waals surface area contributed by atoms with Crippen LogP contribution in [0.3, 0.4) is 0 Å². The maximum absolute atomic E-state index is 13.6. The fourth-order valence-electron chi connectivity index (χ4n) is 3.58. The summed E-state index contributed by atoms with van der Waals surface area (Å²) in [7, 11) is 1.30. The molecule has 0 saturated heterocycles. The zero-order chi connectivity index (χ0) is 24.7. The van der Waals surface area contributed by atoms with Crippen molar-refractivity contribution in [2.24, 2.45) is 4.99 Å². The quantitative estimate of drug-likeness (QED) is 0.314. The largest absolute Gasteiger partial charge is 0.465 e. The van der Waals surface area contributed by atoms with Crippen molar-refractivity contribution in [3.05, 3.63) is 82.4 Å². The zero-order valence-electron chi connectivity index (χ0n) is 19.7. The third kappa shape index (κ3) is 6.06. The van der Waals surface area contributed by atoms with Gasteiger partial charge in [0.2, 0.25) is 5.96 Å². The van der Waals surface area contributed by atoms with Crippen LogP contribution < -0.4 is 10.6 Å². The maximum Gasteiger partial charge on any atom is 0.337 e. The first-order chi connectivity index (χ1) is 16.3. The molecule has 0 aliphatic carbocycles. The Kier molecular flexibility index (Phi) is 8.13. The Labute approximate surface area is 197 Å². The lowest BCUT2D eigenvalue weighted by Gasteiger charge is -2.13. The highest BCUT2D eigenvalue weighted by Crippen LogP contribution is 2.15. The van der Waals surface area contributed by atoms with Crippen LogP contribution in [0.2, 0.25) is 0 Å². The Bertz CT molecular complexity index is 1220. The van der Waals surface area contributed by atoms with E-state index in [1.165, 1.54) is 25.3 Å². The Hall–Kier alpha value is -4.01. The molecule has 0 aliphatic heterocycles. The van der Waals surface area contributed by atoms with Crippen LogP contribution in [0.25, 0.3) is 0 Å². The number of anilines is 1. The highest BCUT2D eigenvalue weighted by atomic mass is 19.1. The second-order valence-electron chi connectivity index (χ2n) is 7.61. The molecule has 0 aliphatic rings. The van der Waals surface area contributed by atoms with Crippen molar-refractivity contribution < 1.29 is 18.7 Å². The number of carbonyl (C=O) groups excluding carboxylic acids is 2. The zero-order valence-corrected chi connectivity index (χ0v) is 19.7. The van der Waals surface area contributed by atoms with Crippen molar-refractivity contribution >= 4 is 23.5 Å². The number of guanidine groups is 1. The number of methoxy groups -OCH3 is 1. The van der Waals surface area contributed by atoms with Crippen molar-refractivity contribution in [1.29, 1.82) is 0 Å². The minimum atomic E-state index is -0.513. The summed E-state index contributed by atoms with van der Waals surface area (Å²) in [6.07, 6.45) is 0.626. The molecule has 8 nitrogen and oxygen atoms in total. The van der Waals surface area contributed by atoms with Gasteiger partial charge in [-0.1, -0.05) is 12.1 Å². The predicted octanol–water partition coefficient (Wildman–Crippen LogP) is 3.89. The van der Waals surface area contributed by atoms with E-state index in [4.69, 9.17) is 4.74 Å². The molecule has 34 heavy (non-hydrogen) atoms. The van der Waals surface area contributed by atoms with Crippen LogP contribution in [0.4, 0.5) is 10.1 Å². The van der Waals surface area contributed by atoms with E-state index >= 15 is 0 Å². The summed E-state index contributed by atoms with van der Waals surface area (Å²) in [6, 6.07) is 12.0. The van der Waals surface area contributed by atoms with Crippen molar-refractivity contribution in [2.45, 2.75) is 33.7 Å². The van der Waals surface area contributed by atoms with E-state index < -0.39 is 17.7 Å². The number of aromatic nitrogens is 2. The van der Waals surface area contributed by atoms with Crippen LogP contribution in [0.1, 0.15) is 44.6 Å². The van der Waals surface area contributed by atoms with Gasteiger partial charge in [0.15, 0.2) is 0 Å².